The summed E-state index contributed by atoms with van der Waals surface area (Å²) in [5, 5.41) is 2.60. The van der Waals surface area contributed by atoms with Crippen LogP contribution in [0.1, 0.15) is 20.3 Å². The molecule has 1 saturated heterocycles. The van der Waals surface area contributed by atoms with E-state index in [2.05, 4.69) is 9.99 Å². The summed E-state index contributed by atoms with van der Waals surface area (Å²) in [5.74, 6) is -0.266. The van der Waals surface area contributed by atoms with Gasteiger partial charge in [0.2, 0.25) is 0 Å². The van der Waals surface area contributed by atoms with Crippen molar-refractivity contribution in [1.82, 2.24) is 9.99 Å². The number of ether oxygens (including phenoxy) is 2. The highest BCUT2D eigenvalue weighted by Gasteiger charge is 2.30. The van der Waals surface area contributed by atoms with Crippen LogP contribution >= 0.6 is 7.75 Å². The zero-order valence-corrected chi connectivity index (χ0v) is 15.4. The first-order valence-corrected chi connectivity index (χ1v) is 9.31. The van der Waals surface area contributed by atoms with Crippen LogP contribution in [-0.2, 0) is 27.9 Å². The van der Waals surface area contributed by atoms with Gasteiger partial charge in [0.05, 0.1) is 18.6 Å². The zero-order chi connectivity index (χ0) is 17.3. The number of hydrogen-bond acceptors (Lipinski definition) is 7. The summed E-state index contributed by atoms with van der Waals surface area (Å²) >= 11 is 0. The third-order valence-electron chi connectivity index (χ3n) is 3.83. The fraction of sp³-hybridized carbons (Fsp3) is 0.929. The number of nitrogens with zero attached hydrogens (tertiary/aromatic N) is 1. The summed E-state index contributed by atoms with van der Waals surface area (Å²) in [6.45, 7) is 8.19. The number of nitrogens with one attached hydrogen (secondary N) is 1. The number of morpholine rings is 1. The molecule has 1 N–H and O–H groups in total. The monoisotopic (exact) mass is 352 g/mol. The Hall–Kier alpha value is -0.500. The minimum Gasteiger partial charge on any atom is -0.464 e. The van der Waals surface area contributed by atoms with Gasteiger partial charge in [0.15, 0.2) is 0 Å². The molecule has 9 heteroatoms. The fourth-order valence-electron chi connectivity index (χ4n) is 2.09. The van der Waals surface area contributed by atoms with Crippen molar-refractivity contribution in [1.29, 1.82) is 0 Å². The smallest absolute Gasteiger partial charge is 0.405 e. The van der Waals surface area contributed by atoms with E-state index in [1.54, 1.807) is 0 Å². The Morgan fingerprint density at radius 3 is 2.43 bits per heavy atom. The van der Waals surface area contributed by atoms with Crippen molar-refractivity contribution in [2.45, 2.75) is 20.3 Å². The predicted octanol–water partition coefficient (Wildman–Crippen LogP) is 1.27. The average Bonchev–Trinajstić information content (AvgIpc) is 2.57. The van der Waals surface area contributed by atoms with E-state index in [1.807, 2.05) is 13.8 Å². The Bertz CT molecular complexity index is 404. The molecule has 23 heavy (non-hydrogen) atoms. The first-order chi connectivity index (χ1) is 10.8. The third-order valence-corrected chi connectivity index (χ3v) is 5.40. The SMILES string of the molecule is COP(=O)(NCCOC(=O)C(C)(C)CCN1CCOCC1)OC. The second kappa shape index (κ2) is 9.71. The molecule has 0 atom stereocenters. The van der Waals surface area contributed by atoms with E-state index < -0.39 is 13.2 Å². The fourth-order valence-corrected chi connectivity index (χ4v) is 2.86. The van der Waals surface area contributed by atoms with E-state index in [0.29, 0.717) is 6.42 Å². The highest BCUT2D eigenvalue weighted by Crippen LogP contribution is 2.40. The van der Waals surface area contributed by atoms with Crippen molar-refractivity contribution in [3.8, 4) is 0 Å². The van der Waals surface area contributed by atoms with Crippen molar-refractivity contribution >= 4 is 13.7 Å². The van der Waals surface area contributed by atoms with Gasteiger partial charge in [-0.05, 0) is 26.8 Å². The summed E-state index contributed by atoms with van der Waals surface area (Å²) in [5.41, 5.74) is -0.565. The molecule has 1 heterocycles. The van der Waals surface area contributed by atoms with Crippen LogP contribution in [0.25, 0.3) is 0 Å². The Kier molecular flexibility index (Phi) is 8.68. The molecule has 136 valence electrons. The molecule has 0 aromatic rings. The molecule has 8 nitrogen and oxygen atoms in total. The van der Waals surface area contributed by atoms with Gasteiger partial charge in [-0.3, -0.25) is 9.69 Å². The van der Waals surface area contributed by atoms with Gasteiger partial charge in [0.1, 0.15) is 6.61 Å². The predicted molar refractivity (Wildman–Crippen MR) is 86.2 cm³/mol. The summed E-state index contributed by atoms with van der Waals surface area (Å²) in [6, 6.07) is 0. The maximum absolute atomic E-state index is 12.2. The van der Waals surface area contributed by atoms with Crippen LogP contribution in [0, 0.1) is 5.41 Å². The Labute approximate surface area is 138 Å². The molecule has 0 bridgehead atoms. The molecular formula is C14H29N2O6P. The molecule has 1 fully saturated rings. The second-order valence-electron chi connectivity index (χ2n) is 5.99. The van der Waals surface area contributed by atoms with E-state index in [-0.39, 0.29) is 19.1 Å². The second-order valence-corrected chi connectivity index (χ2v) is 8.04. The molecule has 0 saturated carbocycles. The van der Waals surface area contributed by atoms with Crippen LogP contribution < -0.4 is 5.09 Å². The lowest BCUT2D eigenvalue weighted by Gasteiger charge is -2.30. The third kappa shape index (κ3) is 7.28. The number of hydrogen-bond donors (Lipinski definition) is 1. The van der Waals surface area contributed by atoms with Gasteiger partial charge in [-0.15, -0.1) is 0 Å². The molecular weight excluding hydrogens is 323 g/mol. The average molecular weight is 352 g/mol. The van der Waals surface area contributed by atoms with Gasteiger partial charge in [-0.25, -0.2) is 9.65 Å². The van der Waals surface area contributed by atoms with E-state index in [0.717, 1.165) is 32.8 Å². The van der Waals surface area contributed by atoms with Crippen LogP contribution in [0.4, 0.5) is 0 Å². The van der Waals surface area contributed by atoms with Crippen molar-refractivity contribution < 1.29 is 27.9 Å². The maximum Gasteiger partial charge on any atom is 0.405 e. The maximum atomic E-state index is 12.2. The van der Waals surface area contributed by atoms with Crippen molar-refractivity contribution in [3.63, 3.8) is 0 Å². The topological polar surface area (TPSA) is 86.3 Å². The van der Waals surface area contributed by atoms with Crippen LogP contribution in [0.2, 0.25) is 0 Å². The van der Waals surface area contributed by atoms with E-state index >= 15 is 0 Å². The zero-order valence-electron chi connectivity index (χ0n) is 14.5. The summed E-state index contributed by atoms with van der Waals surface area (Å²) < 4.78 is 31.8. The standard InChI is InChI=1S/C14H29N2O6P/c1-14(2,5-7-16-8-11-21-12-9-16)13(17)22-10-6-15-23(18,19-3)20-4/h5-12H2,1-4H3,(H,15,18). The molecule has 0 spiro atoms. The lowest BCUT2D eigenvalue weighted by atomic mass is 9.89. The molecule has 0 aliphatic carbocycles. The highest BCUT2D eigenvalue weighted by molar-refractivity contribution is 7.51. The lowest BCUT2D eigenvalue weighted by molar-refractivity contribution is -0.154. The summed E-state index contributed by atoms with van der Waals surface area (Å²) in [4.78, 5) is 14.5. The molecule has 0 amide bonds. The van der Waals surface area contributed by atoms with Gasteiger partial charge < -0.3 is 18.5 Å². The van der Waals surface area contributed by atoms with Crippen LogP contribution in [0.15, 0.2) is 0 Å². The molecule has 1 rings (SSSR count). The van der Waals surface area contributed by atoms with Gasteiger partial charge in [0.25, 0.3) is 0 Å². The van der Waals surface area contributed by atoms with Crippen molar-refractivity contribution in [3.05, 3.63) is 0 Å². The van der Waals surface area contributed by atoms with Gasteiger partial charge in [0, 0.05) is 33.9 Å². The number of esters is 1. The Morgan fingerprint density at radius 1 is 1.26 bits per heavy atom. The normalized spacial score (nSPS) is 17.2. The van der Waals surface area contributed by atoms with Crippen LogP contribution in [0.3, 0.4) is 0 Å². The summed E-state index contributed by atoms with van der Waals surface area (Å²) in [6.07, 6.45) is 0.716. The highest BCUT2D eigenvalue weighted by atomic mass is 31.2. The first kappa shape index (κ1) is 20.5. The van der Waals surface area contributed by atoms with Crippen LogP contribution in [0.5, 0.6) is 0 Å². The Morgan fingerprint density at radius 2 is 1.87 bits per heavy atom. The van der Waals surface area contributed by atoms with Crippen LogP contribution in [-0.4, -0.2) is 71.1 Å². The van der Waals surface area contributed by atoms with E-state index in [1.165, 1.54) is 14.2 Å². The molecule has 0 radical (unpaired) electrons. The molecule has 0 unspecified atom stereocenters. The van der Waals surface area contributed by atoms with E-state index in [4.69, 9.17) is 18.5 Å². The van der Waals surface area contributed by atoms with E-state index in [9.17, 15) is 9.36 Å². The summed E-state index contributed by atoms with van der Waals surface area (Å²) in [7, 11) is -0.693. The van der Waals surface area contributed by atoms with Gasteiger partial charge in [-0.1, -0.05) is 0 Å². The van der Waals surface area contributed by atoms with Gasteiger partial charge in [-0.2, -0.15) is 0 Å². The lowest BCUT2D eigenvalue weighted by Crippen LogP contribution is -2.40. The van der Waals surface area contributed by atoms with Crippen molar-refractivity contribution in [2.24, 2.45) is 5.41 Å². The largest absolute Gasteiger partial charge is 0.464 e. The first-order valence-electron chi connectivity index (χ1n) is 7.77. The quantitative estimate of drug-likeness (QED) is 0.357. The molecule has 0 aromatic carbocycles. The van der Waals surface area contributed by atoms with Crippen molar-refractivity contribution in [2.75, 3.05) is 60.2 Å². The molecule has 0 aromatic heterocycles. The number of carbonyl (C=O) groups excluding carboxylic acids is 1. The number of rotatable bonds is 10. The van der Waals surface area contributed by atoms with Gasteiger partial charge >= 0.3 is 13.7 Å². The minimum atomic E-state index is -3.27. The number of carbonyl (C=O) groups is 1. The minimum absolute atomic E-state index is 0.108. The molecule has 1 aliphatic heterocycles. The molecule has 1 aliphatic rings. The Balaban J connectivity index is 2.27.